The topological polar surface area (TPSA) is 0 Å². The van der Waals surface area contributed by atoms with Gasteiger partial charge in [-0.3, -0.25) is 0 Å². The molecule has 0 saturated heterocycles. The van der Waals surface area contributed by atoms with Gasteiger partial charge in [-0.2, -0.15) is 0 Å². The third-order valence-corrected chi connectivity index (χ3v) is 3.43. The van der Waals surface area contributed by atoms with Gasteiger partial charge in [-0.25, -0.2) is 0 Å². The van der Waals surface area contributed by atoms with Crippen molar-refractivity contribution < 1.29 is 49.2 Å². The van der Waals surface area contributed by atoms with Crippen molar-refractivity contribution in [2.45, 2.75) is 26.2 Å². The van der Waals surface area contributed by atoms with Gasteiger partial charge >= 0.3 is 71.6 Å². The van der Waals surface area contributed by atoms with E-state index in [-0.39, 0.29) is 24.8 Å². The molecule has 61 valence electrons. The summed E-state index contributed by atoms with van der Waals surface area (Å²) >= 11 is 1.27. The Morgan fingerprint density at radius 1 is 1.45 bits per heavy atom. The van der Waals surface area contributed by atoms with E-state index in [1.54, 1.807) is 8.90 Å². The summed E-state index contributed by atoms with van der Waals surface area (Å²) in [6.45, 7) is 2.24. The Morgan fingerprint density at radius 2 is 2.09 bits per heavy atom. The van der Waals surface area contributed by atoms with Crippen molar-refractivity contribution in [3.8, 4) is 0 Å². The van der Waals surface area contributed by atoms with Crippen molar-refractivity contribution >= 4 is 0 Å². The van der Waals surface area contributed by atoms with E-state index in [0.29, 0.717) is 0 Å². The number of halogens is 2. The van der Waals surface area contributed by atoms with Crippen LogP contribution in [0.25, 0.3) is 0 Å². The molecule has 0 bridgehead atoms. The zero-order chi connectivity index (χ0) is 6.69. The predicted molar refractivity (Wildman–Crippen MR) is 35.7 cm³/mol. The molecule has 1 aliphatic carbocycles. The summed E-state index contributed by atoms with van der Waals surface area (Å²) < 4.78 is 1.71. The largest absolute Gasteiger partial charge is 1.00 e. The van der Waals surface area contributed by atoms with Crippen LogP contribution in [-0.4, -0.2) is 0 Å². The zero-order valence-electron chi connectivity index (χ0n) is 6.53. The van der Waals surface area contributed by atoms with Gasteiger partial charge in [0.25, 0.3) is 0 Å². The van der Waals surface area contributed by atoms with Crippen LogP contribution in [0.5, 0.6) is 0 Å². The number of allylic oxidation sites excluding steroid dienone is 4. The minimum Gasteiger partial charge on any atom is -1.00 e. The predicted octanol–water partition coefficient (Wildman–Crippen LogP) is -3.44. The fourth-order valence-corrected chi connectivity index (χ4v) is 2.23. The van der Waals surface area contributed by atoms with E-state index in [9.17, 15) is 0 Å². The molecule has 0 radical (unpaired) electrons. The first kappa shape index (κ1) is 14.5. The van der Waals surface area contributed by atoms with E-state index < -0.39 is 0 Å². The maximum absolute atomic E-state index is 2.30. The Morgan fingerprint density at radius 3 is 2.45 bits per heavy atom. The molecule has 0 fully saturated rings. The molecule has 0 nitrogen and oxygen atoms in total. The van der Waals surface area contributed by atoms with Crippen molar-refractivity contribution in [1.29, 1.82) is 0 Å². The van der Waals surface area contributed by atoms with Gasteiger partial charge in [0.1, 0.15) is 0 Å². The first-order valence-electron chi connectivity index (χ1n) is 3.44. The van der Waals surface area contributed by atoms with Crippen LogP contribution < -0.4 is 24.8 Å². The Labute approximate surface area is 95.9 Å². The van der Waals surface area contributed by atoms with Gasteiger partial charge in [-0.15, -0.1) is 0 Å². The first-order valence-corrected chi connectivity index (χ1v) is 5.24. The molecule has 0 unspecified atom stereocenters. The van der Waals surface area contributed by atoms with Crippen molar-refractivity contribution in [3.05, 3.63) is 21.1 Å². The van der Waals surface area contributed by atoms with E-state index in [4.69, 9.17) is 0 Å². The van der Waals surface area contributed by atoms with Crippen LogP contribution in [0, 0.1) is 0 Å². The first-order chi connectivity index (χ1) is 4.34. The van der Waals surface area contributed by atoms with Crippen LogP contribution in [0.2, 0.25) is 0 Å². The number of hydrogen-bond donors (Lipinski definition) is 0. The SMILES string of the molecule is CCCC1=[C]([Hf+2])CC=C1.[Cl-].[Cl-]. The van der Waals surface area contributed by atoms with Gasteiger partial charge in [-0.1, -0.05) is 0 Å². The molecule has 0 spiro atoms. The molecule has 0 heterocycles. The van der Waals surface area contributed by atoms with E-state index in [1.165, 1.54) is 43.6 Å². The van der Waals surface area contributed by atoms with E-state index >= 15 is 0 Å². The molecule has 0 amide bonds. The molecular formula is C8H11Cl2Hf. The summed E-state index contributed by atoms with van der Waals surface area (Å²) in [5.41, 5.74) is 1.63. The molecule has 1 rings (SSSR count). The monoisotopic (exact) mass is 357 g/mol. The molecule has 1 aliphatic rings. The molecule has 0 aromatic rings. The second-order valence-corrected chi connectivity index (χ2v) is 4.53. The Kier molecular flexibility index (Phi) is 9.95. The normalized spacial score (nSPS) is 14.5. The van der Waals surface area contributed by atoms with Crippen LogP contribution in [0.3, 0.4) is 0 Å². The maximum atomic E-state index is 2.30. The summed E-state index contributed by atoms with van der Waals surface area (Å²) in [6.07, 6.45) is 8.43. The Bertz CT molecular complexity index is 161. The van der Waals surface area contributed by atoms with Gasteiger partial charge < -0.3 is 24.8 Å². The second-order valence-electron chi connectivity index (χ2n) is 2.36. The van der Waals surface area contributed by atoms with Crippen LogP contribution >= 0.6 is 0 Å². The fourth-order valence-electron chi connectivity index (χ4n) is 1.05. The van der Waals surface area contributed by atoms with Crippen LogP contribution in [0.1, 0.15) is 26.2 Å². The zero-order valence-corrected chi connectivity index (χ0v) is 11.6. The van der Waals surface area contributed by atoms with E-state index in [0.717, 1.165) is 0 Å². The summed E-state index contributed by atoms with van der Waals surface area (Å²) in [7, 11) is 0. The summed E-state index contributed by atoms with van der Waals surface area (Å²) in [5, 5.41) is 0. The molecule has 0 saturated carbocycles. The third kappa shape index (κ3) is 4.49. The second kappa shape index (κ2) is 7.57. The quantitative estimate of drug-likeness (QED) is 0.452. The summed E-state index contributed by atoms with van der Waals surface area (Å²) in [4.78, 5) is 0. The van der Waals surface area contributed by atoms with E-state index in [2.05, 4.69) is 19.1 Å². The minimum absolute atomic E-state index is 0. The summed E-state index contributed by atoms with van der Waals surface area (Å²) in [6, 6.07) is 0. The smallest absolute Gasteiger partial charge is 1.00 e. The molecule has 3 heteroatoms. The van der Waals surface area contributed by atoms with E-state index in [1.807, 2.05) is 0 Å². The molecule has 0 aromatic carbocycles. The third-order valence-electron chi connectivity index (χ3n) is 1.55. The molecule has 11 heavy (non-hydrogen) atoms. The molecule has 0 N–H and O–H groups in total. The van der Waals surface area contributed by atoms with Crippen molar-refractivity contribution in [2.75, 3.05) is 0 Å². The Balaban J connectivity index is 0. The molecule has 0 atom stereocenters. The van der Waals surface area contributed by atoms with Gasteiger partial charge in [0, 0.05) is 0 Å². The summed E-state index contributed by atoms with van der Waals surface area (Å²) in [5.74, 6) is 0. The number of rotatable bonds is 2. The van der Waals surface area contributed by atoms with Gasteiger partial charge in [0.15, 0.2) is 0 Å². The maximum Gasteiger partial charge on any atom is -1.00 e. The van der Waals surface area contributed by atoms with Crippen LogP contribution in [-0.2, 0) is 24.4 Å². The van der Waals surface area contributed by atoms with Crippen molar-refractivity contribution in [3.63, 3.8) is 0 Å². The fraction of sp³-hybridized carbons (Fsp3) is 0.500. The standard InChI is InChI=1S/C8H11.2ClH.Hf/c1-2-5-8-6-3-4-7-8;;;/h3,6H,2,4-5H2,1H3;2*1H;/q;;;+2/p-2. The average Bonchev–Trinajstić information content (AvgIpc) is 2.18. The van der Waals surface area contributed by atoms with Crippen molar-refractivity contribution in [2.24, 2.45) is 0 Å². The van der Waals surface area contributed by atoms with Crippen LogP contribution in [0.4, 0.5) is 0 Å². The van der Waals surface area contributed by atoms with Gasteiger partial charge in [-0.05, 0) is 0 Å². The Hall–Kier alpha value is 0.930. The molecule has 0 aliphatic heterocycles. The molecule has 0 aromatic heterocycles. The van der Waals surface area contributed by atoms with Gasteiger partial charge in [0.05, 0.1) is 0 Å². The number of hydrogen-bond acceptors (Lipinski definition) is 0. The van der Waals surface area contributed by atoms with Crippen molar-refractivity contribution in [1.82, 2.24) is 0 Å². The minimum atomic E-state index is 0. The van der Waals surface area contributed by atoms with Gasteiger partial charge in [0.2, 0.25) is 0 Å². The molecular weight excluding hydrogens is 345 g/mol. The van der Waals surface area contributed by atoms with Crippen LogP contribution in [0.15, 0.2) is 21.1 Å². The average molecular weight is 357 g/mol.